The van der Waals surface area contributed by atoms with Crippen molar-refractivity contribution in [3.63, 3.8) is 0 Å². The number of nitrogens with two attached hydrogens (primary N) is 2. The number of primary amides is 1. The van der Waals surface area contributed by atoms with Gasteiger partial charge in [0, 0.05) is 18.1 Å². The van der Waals surface area contributed by atoms with Gasteiger partial charge in [-0.1, -0.05) is 20.8 Å². The highest BCUT2D eigenvalue weighted by molar-refractivity contribution is 5.76. The fraction of sp³-hybridized carbons (Fsp3) is 0.917. The highest BCUT2D eigenvalue weighted by Crippen LogP contribution is 2.27. The number of nitrogens with zero attached hydrogens (tertiary/aromatic N) is 1. The second kappa shape index (κ2) is 5.64. The fourth-order valence-electron chi connectivity index (χ4n) is 2.37. The van der Waals surface area contributed by atoms with Gasteiger partial charge in [-0.2, -0.15) is 0 Å². The van der Waals surface area contributed by atoms with Crippen molar-refractivity contribution in [1.29, 1.82) is 0 Å². The van der Waals surface area contributed by atoms with E-state index in [1.54, 1.807) is 0 Å². The number of hydrogen-bond acceptors (Lipinski definition) is 3. The van der Waals surface area contributed by atoms with Crippen molar-refractivity contribution in [3.8, 4) is 0 Å². The topological polar surface area (TPSA) is 72.3 Å². The molecule has 0 radical (unpaired) electrons. The van der Waals surface area contributed by atoms with Crippen molar-refractivity contribution in [2.24, 2.45) is 16.9 Å². The average Bonchev–Trinajstić information content (AvgIpc) is 1.97. The summed E-state index contributed by atoms with van der Waals surface area (Å²) in [4.78, 5) is 13.2. The van der Waals surface area contributed by atoms with Gasteiger partial charge in [-0.05, 0) is 26.2 Å². The van der Waals surface area contributed by atoms with Crippen LogP contribution in [-0.2, 0) is 4.79 Å². The van der Waals surface area contributed by atoms with Gasteiger partial charge in [0.25, 0.3) is 0 Å². The molecule has 4 heteroatoms. The van der Waals surface area contributed by atoms with E-state index in [1.807, 2.05) is 6.92 Å². The van der Waals surface area contributed by atoms with Crippen LogP contribution in [0, 0.1) is 5.41 Å². The predicted molar refractivity (Wildman–Crippen MR) is 67.9 cm³/mol. The molecular weight excluding hydrogens is 202 g/mol. The molecule has 2 atom stereocenters. The summed E-state index contributed by atoms with van der Waals surface area (Å²) in [7, 11) is 0. The number of carbonyl (C=O) groups is 1. The first-order valence-corrected chi connectivity index (χ1v) is 5.87. The maximum absolute atomic E-state index is 11.1. The normalized spacial score (nSPS) is 16.6. The van der Waals surface area contributed by atoms with E-state index in [4.69, 9.17) is 11.5 Å². The van der Waals surface area contributed by atoms with Crippen LogP contribution in [0.15, 0.2) is 0 Å². The molecule has 0 aromatic rings. The maximum Gasteiger partial charge on any atom is 0.231 e. The molecule has 0 saturated carbocycles. The van der Waals surface area contributed by atoms with Gasteiger partial charge in [0.1, 0.15) is 0 Å². The van der Waals surface area contributed by atoms with Gasteiger partial charge in [-0.25, -0.2) is 0 Å². The van der Waals surface area contributed by atoms with Crippen molar-refractivity contribution >= 4 is 5.91 Å². The summed E-state index contributed by atoms with van der Waals surface area (Å²) < 4.78 is 0. The Hall–Kier alpha value is -0.610. The highest BCUT2D eigenvalue weighted by Gasteiger charge is 2.35. The van der Waals surface area contributed by atoms with E-state index in [-0.39, 0.29) is 36.0 Å². The molecule has 96 valence electrons. The molecule has 2 unspecified atom stereocenters. The summed E-state index contributed by atoms with van der Waals surface area (Å²) in [5.41, 5.74) is 11.4. The SMILES string of the molecule is CC(N)C(N(CC(N)=O)C(C)C)C(C)(C)C. The number of amides is 1. The third-order valence-electron chi connectivity index (χ3n) is 2.74. The molecule has 0 aliphatic carbocycles. The van der Waals surface area contributed by atoms with Gasteiger partial charge in [0.15, 0.2) is 0 Å². The molecule has 0 aromatic carbocycles. The third-order valence-corrected chi connectivity index (χ3v) is 2.74. The molecular formula is C12H27N3O. The van der Waals surface area contributed by atoms with Crippen LogP contribution < -0.4 is 11.5 Å². The lowest BCUT2D eigenvalue weighted by molar-refractivity contribution is -0.121. The number of rotatable bonds is 5. The highest BCUT2D eigenvalue weighted by atomic mass is 16.1. The lowest BCUT2D eigenvalue weighted by Crippen LogP contribution is -2.57. The summed E-state index contributed by atoms with van der Waals surface area (Å²) in [5.74, 6) is -0.302. The van der Waals surface area contributed by atoms with E-state index in [9.17, 15) is 4.79 Å². The van der Waals surface area contributed by atoms with Crippen LogP contribution in [0.1, 0.15) is 41.5 Å². The van der Waals surface area contributed by atoms with E-state index in [0.717, 1.165) is 0 Å². The Balaban J connectivity index is 5.03. The fourth-order valence-corrected chi connectivity index (χ4v) is 2.37. The Labute approximate surface area is 99.4 Å². The van der Waals surface area contributed by atoms with E-state index in [0.29, 0.717) is 0 Å². The van der Waals surface area contributed by atoms with E-state index in [1.165, 1.54) is 0 Å². The monoisotopic (exact) mass is 229 g/mol. The molecule has 0 bridgehead atoms. The van der Waals surface area contributed by atoms with Crippen molar-refractivity contribution in [3.05, 3.63) is 0 Å². The molecule has 0 fully saturated rings. The summed E-state index contributed by atoms with van der Waals surface area (Å²) in [6.45, 7) is 12.8. The van der Waals surface area contributed by atoms with Gasteiger partial charge in [-0.3, -0.25) is 9.69 Å². The molecule has 0 aliphatic rings. The Morgan fingerprint density at radius 3 is 1.88 bits per heavy atom. The molecule has 0 aliphatic heterocycles. The van der Waals surface area contributed by atoms with Gasteiger partial charge >= 0.3 is 0 Å². The van der Waals surface area contributed by atoms with Crippen molar-refractivity contribution < 1.29 is 4.79 Å². The first-order chi connectivity index (χ1) is 7.07. The first kappa shape index (κ1) is 15.4. The summed E-state index contributed by atoms with van der Waals surface area (Å²) in [5, 5.41) is 0. The van der Waals surface area contributed by atoms with E-state index < -0.39 is 0 Å². The van der Waals surface area contributed by atoms with Crippen molar-refractivity contribution in [2.45, 2.75) is 59.7 Å². The van der Waals surface area contributed by atoms with E-state index in [2.05, 4.69) is 39.5 Å². The summed E-state index contributed by atoms with van der Waals surface area (Å²) >= 11 is 0. The van der Waals surface area contributed by atoms with Gasteiger partial charge < -0.3 is 11.5 Å². The van der Waals surface area contributed by atoms with E-state index >= 15 is 0 Å². The molecule has 0 rings (SSSR count). The second-order valence-electron chi connectivity index (χ2n) is 5.90. The molecule has 4 nitrogen and oxygen atoms in total. The largest absolute Gasteiger partial charge is 0.369 e. The Bertz CT molecular complexity index is 231. The zero-order valence-electron chi connectivity index (χ0n) is 11.4. The summed E-state index contributed by atoms with van der Waals surface area (Å²) in [6, 6.07) is 0.393. The Morgan fingerprint density at radius 2 is 1.69 bits per heavy atom. The van der Waals surface area contributed by atoms with Gasteiger partial charge in [0.05, 0.1) is 6.54 Å². The molecule has 4 N–H and O–H groups in total. The predicted octanol–water partition coefficient (Wildman–Crippen LogP) is 0.944. The zero-order valence-corrected chi connectivity index (χ0v) is 11.4. The minimum Gasteiger partial charge on any atom is -0.369 e. The molecule has 0 saturated heterocycles. The van der Waals surface area contributed by atoms with Crippen LogP contribution in [-0.4, -0.2) is 35.5 Å². The lowest BCUT2D eigenvalue weighted by Gasteiger charge is -2.44. The number of hydrogen-bond donors (Lipinski definition) is 2. The van der Waals surface area contributed by atoms with Crippen LogP contribution in [0.2, 0.25) is 0 Å². The zero-order chi connectivity index (χ0) is 13.1. The molecule has 0 aromatic heterocycles. The maximum atomic E-state index is 11.1. The van der Waals surface area contributed by atoms with Crippen molar-refractivity contribution in [1.82, 2.24) is 4.90 Å². The van der Waals surface area contributed by atoms with Crippen LogP contribution in [0.5, 0.6) is 0 Å². The standard InChI is InChI=1S/C12H27N3O/c1-8(2)15(7-10(14)16)11(9(3)13)12(4,5)6/h8-9,11H,7,13H2,1-6H3,(H2,14,16). The number of carbonyl (C=O) groups excluding carboxylic acids is 1. The van der Waals surface area contributed by atoms with Crippen LogP contribution >= 0.6 is 0 Å². The summed E-state index contributed by atoms with van der Waals surface area (Å²) in [6.07, 6.45) is 0. The minimum absolute atomic E-state index is 0.00162. The van der Waals surface area contributed by atoms with Crippen LogP contribution in [0.3, 0.4) is 0 Å². The molecule has 0 heterocycles. The average molecular weight is 229 g/mol. The second-order valence-corrected chi connectivity index (χ2v) is 5.90. The minimum atomic E-state index is -0.302. The van der Waals surface area contributed by atoms with Gasteiger partial charge in [-0.15, -0.1) is 0 Å². The first-order valence-electron chi connectivity index (χ1n) is 5.87. The quantitative estimate of drug-likeness (QED) is 0.737. The Kier molecular flexibility index (Phi) is 5.42. The molecule has 1 amide bonds. The van der Waals surface area contributed by atoms with Gasteiger partial charge in [0.2, 0.25) is 5.91 Å². The van der Waals surface area contributed by atoms with Crippen LogP contribution in [0.25, 0.3) is 0 Å². The Morgan fingerprint density at radius 1 is 1.25 bits per heavy atom. The lowest BCUT2D eigenvalue weighted by atomic mass is 9.81. The van der Waals surface area contributed by atoms with Crippen molar-refractivity contribution in [2.75, 3.05) is 6.54 Å². The molecule has 0 spiro atoms. The molecule has 16 heavy (non-hydrogen) atoms. The third kappa shape index (κ3) is 4.49. The van der Waals surface area contributed by atoms with Crippen LogP contribution in [0.4, 0.5) is 0 Å². The smallest absolute Gasteiger partial charge is 0.231 e.